The van der Waals surface area contributed by atoms with E-state index >= 15 is 0 Å². The highest BCUT2D eigenvalue weighted by Crippen LogP contribution is 2.28. The van der Waals surface area contributed by atoms with Crippen molar-refractivity contribution in [2.45, 2.75) is 39.3 Å². The van der Waals surface area contributed by atoms with Crippen molar-refractivity contribution in [2.75, 3.05) is 6.54 Å². The highest BCUT2D eigenvalue weighted by molar-refractivity contribution is 6.07. The first-order valence-electron chi connectivity index (χ1n) is 7.94. The third-order valence-corrected chi connectivity index (χ3v) is 3.94. The minimum atomic E-state index is -0.564. The number of pyridine rings is 1. The quantitative estimate of drug-likeness (QED) is 0.872. The van der Waals surface area contributed by atoms with Gasteiger partial charge in [0.15, 0.2) is 0 Å². The molecular weight excluding hydrogens is 306 g/mol. The van der Waals surface area contributed by atoms with Crippen molar-refractivity contribution in [1.29, 1.82) is 0 Å². The van der Waals surface area contributed by atoms with Crippen LogP contribution in [0.3, 0.4) is 0 Å². The molecule has 0 atom stereocenters. The van der Waals surface area contributed by atoms with E-state index in [1.54, 1.807) is 4.90 Å². The molecule has 126 valence electrons. The smallest absolute Gasteiger partial charge is 0.410 e. The van der Waals surface area contributed by atoms with Crippen molar-refractivity contribution in [3.05, 3.63) is 41.1 Å². The van der Waals surface area contributed by atoms with Crippen LogP contribution in [0.1, 0.15) is 42.4 Å². The van der Waals surface area contributed by atoms with Gasteiger partial charge in [0.05, 0.1) is 17.6 Å². The van der Waals surface area contributed by atoms with Crippen LogP contribution in [0, 0.1) is 0 Å². The van der Waals surface area contributed by atoms with Gasteiger partial charge in [-0.2, -0.15) is 0 Å². The molecular formula is C18H21N3O3. The molecule has 6 heteroatoms. The Morgan fingerprint density at radius 3 is 2.62 bits per heavy atom. The number of ether oxygens (including phenoxy) is 1. The summed E-state index contributed by atoms with van der Waals surface area (Å²) in [5.74, 6) is -0.504. The molecule has 3 rings (SSSR count). The van der Waals surface area contributed by atoms with Crippen LogP contribution in [0.25, 0.3) is 10.9 Å². The van der Waals surface area contributed by atoms with Gasteiger partial charge in [0, 0.05) is 29.6 Å². The van der Waals surface area contributed by atoms with Crippen molar-refractivity contribution < 1.29 is 14.3 Å². The predicted octanol–water partition coefficient (Wildman–Crippen LogP) is 2.63. The molecule has 1 aliphatic rings. The van der Waals surface area contributed by atoms with Crippen LogP contribution in [0.5, 0.6) is 0 Å². The van der Waals surface area contributed by atoms with Gasteiger partial charge in [-0.05, 0) is 26.8 Å². The van der Waals surface area contributed by atoms with Crippen molar-refractivity contribution in [3.8, 4) is 0 Å². The molecule has 0 bridgehead atoms. The van der Waals surface area contributed by atoms with Gasteiger partial charge in [-0.1, -0.05) is 18.2 Å². The SMILES string of the molecule is CC(C)(C)OC(=O)N1CCc2nc3ccccc3c(C(N)=O)c2C1. The Morgan fingerprint density at radius 2 is 1.96 bits per heavy atom. The van der Waals surface area contributed by atoms with E-state index in [0.717, 1.165) is 22.2 Å². The summed E-state index contributed by atoms with van der Waals surface area (Å²) in [5, 5.41) is 0.717. The molecule has 0 fully saturated rings. The minimum absolute atomic E-state index is 0.278. The van der Waals surface area contributed by atoms with Crippen molar-refractivity contribution in [3.63, 3.8) is 0 Å². The van der Waals surface area contributed by atoms with Crippen LogP contribution in [0.2, 0.25) is 0 Å². The van der Waals surface area contributed by atoms with E-state index in [2.05, 4.69) is 4.98 Å². The first-order valence-corrected chi connectivity index (χ1v) is 7.94. The van der Waals surface area contributed by atoms with E-state index < -0.39 is 17.6 Å². The molecule has 2 amide bonds. The lowest BCUT2D eigenvalue weighted by Gasteiger charge is -2.31. The predicted molar refractivity (Wildman–Crippen MR) is 90.6 cm³/mol. The van der Waals surface area contributed by atoms with Gasteiger partial charge in [0.1, 0.15) is 5.60 Å². The van der Waals surface area contributed by atoms with Crippen molar-refractivity contribution in [1.82, 2.24) is 9.88 Å². The number of hydrogen-bond donors (Lipinski definition) is 1. The Kier molecular flexibility index (Phi) is 3.91. The van der Waals surface area contributed by atoms with Gasteiger partial charge >= 0.3 is 6.09 Å². The summed E-state index contributed by atoms with van der Waals surface area (Å²) >= 11 is 0. The third kappa shape index (κ3) is 3.04. The molecule has 0 aliphatic carbocycles. The molecule has 0 saturated heterocycles. The fourth-order valence-electron chi connectivity index (χ4n) is 2.95. The van der Waals surface area contributed by atoms with E-state index in [0.29, 0.717) is 18.5 Å². The molecule has 1 aromatic heterocycles. The monoisotopic (exact) mass is 327 g/mol. The largest absolute Gasteiger partial charge is 0.444 e. The summed E-state index contributed by atoms with van der Waals surface area (Å²) < 4.78 is 5.43. The van der Waals surface area contributed by atoms with Crippen LogP contribution < -0.4 is 5.73 Å². The summed E-state index contributed by atoms with van der Waals surface area (Å²) in [6, 6.07) is 7.41. The molecule has 2 N–H and O–H groups in total. The number of carbonyl (C=O) groups excluding carboxylic acids is 2. The van der Waals surface area contributed by atoms with E-state index in [1.807, 2.05) is 45.0 Å². The highest BCUT2D eigenvalue weighted by Gasteiger charge is 2.29. The second-order valence-corrected chi connectivity index (χ2v) is 6.95. The van der Waals surface area contributed by atoms with Crippen LogP contribution in [0.15, 0.2) is 24.3 Å². The minimum Gasteiger partial charge on any atom is -0.444 e. The molecule has 6 nitrogen and oxygen atoms in total. The maximum absolute atomic E-state index is 12.3. The van der Waals surface area contributed by atoms with Crippen LogP contribution in [0.4, 0.5) is 4.79 Å². The average Bonchev–Trinajstić information content (AvgIpc) is 2.50. The summed E-state index contributed by atoms with van der Waals surface area (Å²) in [4.78, 5) is 30.6. The number of benzene rings is 1. The van der Waals surface area contributed by atoms with E-state index in [4.69, 9.17) is 10.5 Å². The molecule has 0 radical (unpaired) electrons. The molecule has 1 aromatic carbocycles. The summed E-state index contributed by atoms with van der Waals surface area (Å²) in [5.41, 5.74) is 7.80. The lowest BCUT2D eigenvalue weighted by Crippen LogP contribution is -2.41. The number of fused-ring (bicyclic) bond motifs is 2. The average molecular weight is 327 g/mol. The molecule has 2 aromatic rings. The van der Waals surface area contributed by atoms with Crippen LogP contribution >= 0.6 is 0 Å². The number of carbonyl (C=O) groups is 2. The maximum Gasteiger partial charge on any atom is 0.410 e. The van der Waals surface area contributed by atoms with Gasteiger partial charge in [-0.15, -0.1) is 0 Å². The lowest BCUT2D eigenvalue weighted by atomic mass is 9.95. The Labute approximate surface area is 140 Å². The Morgan fingerprint density at radius 1 is 1.25 bits per heavy atom. The molecule has 2 heterocycles. The summed E-state index contributed by atoms with van der Waals surface area (Å²) in [6.07, 6.45) is 0.177. The van der Waals surface area contributed by atoms with Gasteiger partial charge in [-0.3, -0.25) is 9.78 Å². The Hall–Kier alpha value is -2.63. The topological polar surface area (TPSA) is 85.5 Å². The number of para-hydroxylation sites is 1. The van der Waals surface area contributed by atoms with Crippen LogP contribution in [-0.2, 0) is 17.7 Å². The number of nitrogens with zero attached hydrogens (tertiary/aromatic N) is 2. The van der Waals surface area contributed by atoms with E-state index in [9.17, 15) is 9.59 Å². The second kappa shape index (κ2) is 5.78. The fraction of sp³-hybridized carbons (Fsp3) is 0.389. The van der Waals surface area contributed by atoms with Gasteiger partial charge in [0.2, 0.25) is 5.91 Å². The number of amides is 2. The number of aromatic nitrogens is 1. The molecule has 1 aliphatic heterocycles. The fourth-order valence-corrected chi connectivity index (χ4v) is 2.95. The Balaban J connectivity index is 2.03. The van der Waals surface area contributed by atoms with Gasteiger partial charge in [0.25, 0.3) is 0 Å². The lowest BCUT2D eigenvalue weighted by molar-refractivity contribution is 0.0222. The van der Waals surface area contributed by atoms with Crippen molar-refractivity contribution in [2.24, 2.45) is 5.73 Å². The number of primary amides is 1. The first kappa shape index (κ1) is 16.2. The summed E-state index contributed by atoms with van der Waals surface area (Å²) in [7, 11) is 0. The second-order valence-electron chi connectivity index (χ2n) is 6.95. The third-order valence-electron chi connectivity index (χ3n) is 3.94. The van der Waals surface area contributed by atoms with Gasteiger partial charge < -0.3 is 15.4 Å². The Bertz CT molecular complexity index is 824. The van der Waals surface area contributed by atoms with Gasteiger partial charge in [-0.25, -0.2) is 4.79 Å². The first-order chi connectivity index (χ1) is 11.3. The molecule has 24 heavy (non-hydrogen) atoms. The molecule has 0 unspecified atom stereocenters. The zero-order valence-electron chi connectivity index (χ0n) is 14.1. The molecule has 0 spiro atoms. The van der Waals surface area contributed by atoms with E-state index in [1.165, 1.54) is 0 Å². The van der Waals surface area contributed by atoms with Crippen molar-refractivity contribution >= 4 is 22.9 Å². The highest BCUT2D eigenvalue weighted by atomic mass is 16.6. The van der Waals surface area contributed by atoms with Crippen LogP contribution in [-0.4, -0.2) is 34.0 Å². The van der Waals surface area contributed by atoms with E-state index in [-0.39, 0.29) is 6.54 Å². The standard InChI is InChI=1S/C18H21N3O3/c1-18(2,3)24-17(23)21-9-8-14-12(10-21)15(16(19)22)11-6-4-5-7-13(11)20-14/h4-7H,8-10H2,1-3H3,(H2,19,22). The normalized spacial score (nSPS) is 14.4. The summed E-state index contributed by atoms with van der Waals surface area (Å²) in [6.45, 7) is 6.26. The number of nitrogens with two attached hydrogens (primary N) is 1. The maximum atomic E-state index is 12.3. The zero-order valence-corrected chi connectivity index (χ0v) is 14.1. The zero-order chi connectivity index (χ0) is 17.5. The number of hydrogen-bond acceptors (Lipinski definition) is 4. The number of rotatable bonds is 1. The molecule has 0 saturated carbocycles.